The standard InChI is InChI=1S/C13H14FNO2/c1-3-6-9(4-2)15-12-10(13(16)17)7-5-8-11(12)14/h2,5,7-9,15H,3,6H2,1H3,(H,16,17). The minimum atomic E-state index is -1.18. The topological polar surface area (TPSA) is 49.3 Å². The molecular formula is C13H14FNO2. The molecular weight excluding hydrogens is 221 g/mol. The number of carboxylic acid groups (broad SMARTS) is 1. The molecule has 0 aliphatic rings. The van der Waals surface area contributed by atoms with Crippen molar-refractivity contribution >= 4 is 11.7 Å². The molecule has 1 aromatic carbocycles. The van der Waals surface area contributed by atoms with Crippen LogP contribution in [0.2, 0.25) is 0 Å². The number of para-hydroxylation sites is 1. The van der Waals surface area contributed by atoms with E-state index < -0.39 is 11.8 Å². The molecule has 17 heavy (non-hydrogen) atoms. The Hall–Kier alpha value is -2.02. The summed E-state index contributed by atoms with van der Waals surface area (Å²) in [5.74, 6) is 0.683. The summed E-state index contributed by atoms with van der Waals surface area (Å²) in [4.78, 5) is 10.9. The number of carbonyl (C=O) groups is 1. The maximum Gasteiger partial charge on any atom is 0.337 e. The number of terminal acetylenes is 1. The summed E-state index contributed by atoms with van der Waals surface area (Å²) in [6.07, 6.45) is 6.79. The fraction of sp³-hybridized carbons (Fsp3) is 0.308. The van der Waals surface area contributed by atoms with E-state index in [1.807, 2.05) is 6.92 Å². The SMILES string of the molecule is C#CC(CCC)Nc1c(F)cccc1C(=O)O. The summed E-state index contributed by atoms with van der Waals surface area (Å²) in [7, 11) is 0. The molecule has 0 spiro atoms. The van der Waals surface area contributed by atoms with Crippen molar-refractivity contribution in [1.29, 1.82) is 0 Å². The third-order valence-electron chi connectivity index (χ3n) is 2.34. The van der Waals surface area contributed by atoms with Gasteiger partial charge in [-0.05, 0) is 18.6 Å². The average Bonchev–Trinajstić information content (AvgIpc) is 2.30. The van der Waals surface area contributed by atoms with Crippen LogP contribution in [0, 0.1) is 18.2 Å². The molecule has 90 valence electrons. The molecule has 0 fully saturated rings. The Morgan fingerprint density at radius 2 is 2.35 bits per heavy atom. The molecule has 0 heterocycles. The van der Waals surface area contributed by atoms with Crippen molar-refractivity contribution in [3.05, 3.63) is 29.6 Å². The van der Waals surface area contributed by atoms with Crippen molar-refractivity contribution in [2.75, 3.05) is 5.32 Å². The normalized spacial score (nSPS) is 11.6. The molecule has 0 aromatic heterocycles. The van der Waals surface area contributed by atoms with Crippen molar-refractivity contribution < 1.29 is 14.3 Å². The van der Waals surface area contributed by atoms with Crippen LogP contribution in [0.3, 0.4) is 0 Å². The minimum Gasteiger partial charge on any atom is -0.478 e. The van der Waals surface area contributed by atoms with Gasteiger partial charge in [0, 0.05) is 0 Å². The Morgan fingerprint density at radius 3 is 2.88 bits per heavy atom. The Kier molecular flexibility index (Phi) is 4.53. The number of benzene rings is 1. The van der Waals surface area contributed by atoms with E-state index in [9.17, 15) is 9.18 Å². The highest BCUT2D eigenvalue weighted by molar-refractivity contribution is 5.94. The molecule has 0 bridgehead atoms. The lowest BCUT2D eigenvalue weighted by Crippen LogP contribution is -2.19. The Labute approximate surface area is 99.7 Å². The van der Waals surface area contributed by atoms with Crippen LogP contribution in [-0.2, 0) is 0 Å². The second kappa shape index (κ2) is 5.90. The quantitative estimate of drug-likeness (QED) is 0.771. The number of halogens is 1. The van der Waals surface area contributed by atoms with Crippen LogP contribution in [0.1, 0.15) is 30.1 Å². The number of hydrogen-bond donors (Lipinski definition) is 2. The van der Waals surface area contributed by atoms with Crippen LogP contribution < -0.4 is 5.32 Å². The highest BCUT2D eigenvalue weighted by atomic mass is 19.1. The van der Waals surface area contributed by atoms with Gasteiger partial charge in [0.25, 0.3) is 0 Å². The smallest absolute Gasteiger partial charge is 0.337 e. The van der Waals surface area contributed by atoms with Crippen LogP contribution in [0.4, 0.5) is 10.1 Å². The number of nitrogens with one attached hydrogen (secondary N) is 1. The Morgan fingerprint density at radius 1 is 1.65 bits per heavy atom. The predicted octanol–water partition coefficient (Wildman–Crippen LogP) is 2.74. The molecule has 0 saturated heterocycles. The van der Waals surface area contributed by atoms with Crippen LogP contribution >= 0.6 is 0 Å². The van der Waals surface area contributed by atoms with E-state index in [1.54, 1.807) is 0 Å². The van der Waals surface area contributed by atoms with E-state index in [1.165, 1.54) is 18.2 Å². The molecule has 1 aromatic rings. The second-order valence-corrected chi connectivity index (χ2v) is 3.62. The van der Waals surface area contributed by atoms with Gasteiger partial charge in [-0.2, -0.15) is 0 Å². The molecule has 2 N–H and O–H groups in total. The van der Waals surface area contributed by atoms with E-state index >= 15 is 0 Å². The van der Waals surface area contributed by atoms with E-state index in [4.69, 9.17) is 11.5 Å². The maximum atomic E-state index is 13.6. The highest BCUT2D eigenvalue weighted by Gasteiger charge is 2.16. The van der Waals surface area contributed by atoms with Crippen LogP contribution in [0.5, 0.6) is 0 Å². The number of carboxylic acids is 1. The highest BCUT2D eigenvalue weighted by Crippen LogP contribution is 2.21. The predicted molar refractivity (Wildman–Crippen MR) is 64.5 cm³/mol. The van der Waals surface area contributed by atoms with Gasteiger partial charge in [-0.15, -0.1) is 6.42 Å². The van der Waals surface area contributed by atoms with Crippen molar-refractivity contribution in [2.45, 2.75) is 25.8 Å². The number of hydrogen-bond acceptors (Lipinski definition) is 2. The molecule has 3 nitrogen and oxygen atoms in total. The summed E-state index contributed by atoms with van der Waals surface area (Å²) in [5, 5.41) is 11.7. The van der Waals surface area contributed by atoms with Gasteiger partial charge in [-0.25, -0.2) is 9.18 Å². The van der Waals surface area contributed by atoms with Crippen molar-refractivity contribution in [3.8, 4) is 12.3 Å². The Bertz CT molecular complexity index is 451. The zero-order chi connectivity index (χ0) is 12.8. The minimum absolute atomic E-state index is 0.0450. The van der Waals surface area contributed by atoms with E-state index in [0.29, 0.717) is 6.42 Å². The van der Waals surface area contributed by atoms with Crippen LogP contribution in [-0.4, -0.2) is 17.1 Å². The first-order chi connectivity index (χ1) is 8.10. The monoisotopic (exact) mass is 235 g/mol. The van der Waals surface area contributed by atoms with Crippen LogP contribution in [0.15, 0.2) is 18.2 Å². The largest absolute Gasteiger partial charge is 0.478 e. The van der Waals surface area contributed by atoms with E-state index in [-0.39, 0.29) is 17.3 Å². The summed E-state index contributed by atoms with van der Waals surface area (Å²) in [6.45, 7) is 1.95. The third-order valence-corrected chi connectivity index (χ3v) is 2.34. The van der Waals surface area contributed by atoms with Crippen molar-refractivity contribution in [1.82, 2.24) is 0 Å². The van der Waals surface area contributed by atoms with Gasteiger partial charge >= 0.3 is 5.97 Å². The zero-order valence-electron chi connectivity index (χ0n) is 9.53. The summed E-state index contributed by atoms with van der Waals surface area (Å²) < 4.78 is 13.6. The number of aromatic carboxylic acids is 1. The molecule has 0 saturated carbocycles. The molecule has 0 radical (unpaired) electrons. The van der Waals surface area contributed by atoms with Gasteiger partial charge in [-0.1, -0.05) is 25.3 Å². The lowest BCUT2D eigenvalue weighted by Gasteiger charge is -2.15. The summed E-state index contributed by atoms with van der Waals surface area (Å²) >= 11 is 0. The average molecular weight is 235 g/mol. The number of rotatable bonds is 5. The molecule has 0 amide bonds. The molecule has 1 rings (SSSR count). The van der Waals surface area contributed by atoms with Gasteiger partial charge in [0.2, 0.25) is 0 Å². The molecule has 0 aliphatic heterocycles. The first-order valence-electron chi connectivity index (χ1n) is 5.34. The summed E-state index contributed by atoms with van der Waals surface area (Å²) in [5.41, 5.74) is -0.155. The maximum absolute atomic E-state index is 13.6. The van der Waals surface area contributed by atoms with Gasteiger partial charge < -0.3 is 10.4 Å². The second-order valence-electron chi connectivity index (χ2n) is 3.62. The molecule has 1 unspecified atom stereocenters. The number of anilines is 1. The first-order valence-corrected chi connectivity index (χ1v) is 5.34. The van der Waals surface area contributed by atoms with Gasteiger partial charge in [-0.3, -0.25) is 0 Å². The fourth-order valence-corrected chi connectivity index (χ4v) is 1.51. The molecule has 1 atom stereocenters. The van der Waals surface area contributed by atoms with Gasteiger partial charge in [0.1, 0.15) is 5.82 Å². The lowest BCUT2D eigenvalue weighted by atomic mass is 10.1. The molecule has 0 aliphatic carbocycles. The molecule has 4 heteroatoms. The fourth-order valence-electron chi connectivity index (χ4n) is 1.51. The van der Waals surface area contributed by atoms with Crippen LogP contribution in [0.25, 0.3) is 0 Å². The Balaban J connectivity index is 3.04. The van der Waals surface area contributed by atoms with E-state index in [0.717, 1.165) is 6.42 Å². The van der Waals surface area contributed by atoms with Gasteiger partial charge in [0.05, 0.1) is 17.3 Å². The van der Waals surface area contributed by atoms with Crippen molar-refractivity contribution in [3.63, 3.8) is 0 Å². The zero-order valence-corrected chi connectivity index (χ0v) is 9.53. The third kappa shape index (κ3) is 3.22. The first kappa shape index (κ1) is 13.0. The van der Waals surface area contributed by atoms with Gasteiger partial charge in [0.15, 0.2) is 0 Å². The van der Waals surface area contributed by atoms with E-state index in [2.05, 4.69) is 11.2 Å². The summed E-state index contributed by atoms with van der Waals surface area (Å²) in [6, 6.07) is 3.53. The van der Waals surface area contributed by atoms with Crippen molar-refractivity contribution in [2.24, 2.45) is 0 Å². The lowest BCUT2D eigenvalue weighted by molar-refractivity contribution is 0.0697.